The molecule has 1 nitrogen and oxygen atoms in total. The van der Waals surface area contributed by atoms with Crippen molar-refractivity contribution in [1.29, 1.82) is 0 Å². The minimum Gasteiger partial charge on any atom is -0.328 e. The zero-order valence-corrected chi connectivity index (χ0v) is 11.9. The first-order valence-corrected chi connectivity index (χ1v) is 8.08. The predicted molar refractivity (Wildman–Crippen MR) is 77.2 cm³/mol. The smallest absolute Gasteiger partial charge is 0.00414 e. The largest absolute Gasteiger partial charge is 0.328 e. The van der Waals surface area contributed by atoms with Crippen LogP contribution in [0.3, 0.4) is 0 Å². The molecule has 0 spiro atoms. The minimum atomic E-state index is 0.507. The van der Waals surface area contributed by atoms with Gasteiger partial charge in [-0.2, -0.15) is 0 Å². The number of rotatable bonds is 12. The summed E-state index contributed by atoms with van der Waals surface area (Å²) >= 11 is 0. The van der Waals surface area contributed by atoms with Gasteiger partial charge in [0.2, 0.25) is 0 Å². The quantitative estimate of drug-likeness (QED) is 0.475. The topological polar surface area (TPSA) is 26.0 Å². The lowest BCUT2D eigenvalue weighted by Gasteiger charge is -2.10. The average molecular weight is 239 g/mol. The third-order valence-electron chi connectivity index (χ3n) is 4.01. The molecule has 2 N–H and O–H groups in total. The summed E-state index contributed by atoms with van der Waals surface area (Å²) in [6.07, 6.45) is 18.3. The van der Waals surface area contributed by atoms with Gasteiger partial charge in [-0.15, -0.1) is 0 Å². The van der Waals surface area contributed by atoms with Crippen LogP contribution < -0.4 is 5.73 Å². The fraction of sp³-hybridized carbons (Fsp3) is 1.00. The van der Waals surface area contributed by atoms with Gasteiger partial charge in [0, 0.05) is 6.04 Å². The monoisotopic (exact) mass is 239 g/mol. The highest BCUT2D eigenvalue weighted by atomic mass is 14.6. The molecule has 0 heterocycles. The van der Waals surface area contributed by atoms with E-state index in [1.807, 2.05) is 0 Å². The summed E-state index contributed by atoms with van der Waals surface area (Å²) in [6, 6.07) is 0.507. The summed E-state index contributed by atoms with van der Waals surface area (Å²) in [5, 5.41) is 0. The van der Waals surface area contributed by atoms with Gasteiger partial charge in [-0.25, -0.2) is 0 Å². The molecule has 1 unspecified atom stereocenters. The second-order valence-corrected chi connectivity index (χ2v) is 6.06. The SMILES string of the molecule is CCCCCCCCCCCC(N)CC1CC1. The van der Waals surface area contributed by atoms with Crippen LogP contribution in [-0.4, -0.2) is 6.04 Å². The molecule has 1 rings (SSSR count). The molecular formula is C16H33N. The Labute approximate surface area is 109 Å². The first-order chi connectivity index (χ1) is 8.33. The molecule has 0 radical (unpaired) electrons. The van der Waals surface area contributed by atoms with Crippen molar-refractivity contribution in [2.24, 2.45) is 11.7 Å². The van der Waals surface area contributed by atoms with Gasteiger partial charge in [0.15, 0.2) is 0 Å². The first-order valence-electron chi connectivity index (χ1n) is 8.08. The number of unbranched alkanes of at least 4 members (excludes halogenated alkanes) is 8. The highest BCUT2D eigenvalue weighted by Crippen LogP contribution is 2.33. The van der Waals surface area contributed by atoms with E-state index in [0.717, 1.165) is 5.92 Å². The average Bonchev–Trinajstić information content (AvgIpc) is 3.11. The molecule has 0 aromatic heterocycles. The fourth-order valence-corrected chi connectivity index (χ4v) is 2.62. The van der Waals surface area contributed by atoms with Crippen LogP contribution in [-0.2, 0) is 0 Å². The molecule has 0 bridgehead atoms. The van der Waals surface area contributed by atoms with E-state index in [1.165, 1.54) is 83.5 Å². The maximum atomic E-state index is 6.11. The summed E-state index contributed by atoms with van der Waals surface area (Å²) in [5.41, 5.74) is 6.11. The molecule has 1 aliphatic carbocycles. The van der Waals surface area contributed by atoms with E-state index in [9.17, 15) is 0 Å². The molecule has 0 aromatic carbocycles. The van der Waals surface area contributed by atoms with Gasteiger partial charge in [-0.05, 0) is 18.8 Å². The Bertz CT molecular complexity index is 163. The van der Waals surface area contributed by atoms with E-state index in [2.05, 4.69) is 6.92 Å². The van der Waals surface area contributed by atoms with E-state index >= 15 is 0 Å². The van der Waals surface area contributed by atoms with Crippen molar-refractivity contribution in [3.05, 3.63) is 0 Å². The molecule has 0 amide bonds. The fourth-order valence-electron chi connectivity index (χ4n) is 2.62. The third-order valence-corrected chi connectivity index (χ3v) is 4.01. The number of hydrogen-bond donors (Lipinski definition) is 1. The molecule has 0 aliphatic heterocycles. The standard InChI is InChI=1S/C16H33N/c1-2-3-4-5-6-7-8-9-10-11-16(17)14-15-12-13-15/h15-16H,2-14,17H2,1H3. The molecular weight excluding hydrogens is 206 g/mol. The van der Waals surface area contributed by atoms with Crippen LogP contribution >= 0.6 is 0 Å². The van der Waals surface area contributed by atoms with Crippen LogP contribution in [0.5, 0.6) is 0 Å². The summed E-state index contributed by atoms with van der Waals surface area (Å²) in [5.74, 6) is 1.00. The van der Waals surface area contributed by atoms with Crippen LogP contribution in [0.15, 0.2) is 0 Å². The van der Waals surface area contributed by atoms with Crippen molar-refractivity contribution in [3.8, 4) is 0 Å². The predicted octanol–water partition coefficient (Wildman–Crippen LogP) is 5.03. The maximum Gasteiger partial charge on any atom is 0.00414 e. The van der Waals surface area contributed by atoms with Gasteiger partial charge in [0.25, 0.3) is 0 Å². The maximum absolute atomic E-state index is 6.11. The van der Waals surface area contributed by atoms with Gasteiger partial charge in [0.1, 0.15) is 0 Å². The number of nitrogens with two attached hydrogens (primary N) is 1. The summed E-state index contributed by atoms with van der Waals surface area (Å²) in [7, 11) is 0. The summed E-state index contributed by atoms with van der Waals surface area (Å²) < 4.78 is 0. The molecule has 1 aliphatic rings. The van der Waals surface area contributed by atoms with Gasteiger partial charge in [-0.3, -0.25) is 0 Å². The van der Waals surface area contributed by atoms with Crippen molar-refractivity contribution in [2.75, 3.05) is 0 Å². The van der Waals surface area contributed by atoms with Crippen molar-refractivity contribution < 1.29 is 0 Å². The zero-order chi connectivity index (χ0) is 12.3. The Balaban J connectivity index is 1.71. The van der Waals surface area contributed by atoms with Crippen molar-refractivity contribution in [1.82, 2.24) is 0 Å². The number of hydrogen-bond acceptors (Lipinski definition) is 1. The van der Waals surface area contributed by atoms with Crippen molar-refractivity contribution >= 4 is 0 Å². The first kappa shape index (κ1) is 15.0. The Kier molecular flexibility index (Phi) is 8.78. The van der Waals surface area contributed by atoms with E-state index < -0.39 is 0 Å². The van der Waals surface area contributed by atoms with Crippen molar-refractivity contribution in [2.45, 2.75) is 96.4 Å². The normalized spacial score (nSPS) is 17.3. The molecule has 0 saturated heterocycles. The van der Waals surface area contributed by atoms with Crippen LogP contribution in [0.1, 0.15) is 90.4 Å². The van der Waals surface area contributed by atoms with Crippen LogP contribution in [0.25, 0.3) is 0 Å². The van der Waals surface area contributed by atoms with Gasteiger partial charge in [-0.1, -0.05) is 77.6 Å². The zero-order valence-electron chi connectivity index (χ0n) is 11.9. The molecule has 1 heteroatoms. The Morgan fingerprint density at radius 1 is 0.882 bits per heavy atom. The molecule has 1 saturated carbocycles. The van der Waals surface area contributed by atoms with Crippen LogP contribution in [0.2, 0.25) is 0 Å². The summed E-state index contributed by atoms with van der Waals surface area (Å²) in [6.45, 7) is 2.28. The van der Waals surface area contributed by atoms with E-state index in [1.54, 1.807) is 0 Å². The Morgan fingerprint density at radius 2 is 1.41 bits per heavy atom. The highest BCUT2D eigenvalue weighted by Gasteiger charge is 2.23. The Hall–Kier alpha value is -0.0400. The third kappa shape index (κ3) is 9.64. The van der Waals surface area contributed by atoms with Gasteiger partial charge < -0.3 is 5.73 Å². The van der Waals surface area contributed by atoms with Crippen LogP contribution in [0, 0.1) is 5.92 Å². The Morgan fingerprint density at radius 3 is 1.94 bits per heavy atom. The van der Waals surface area contributed by atoms with Crippen LogP contribution in [0.4, 0.5) is 0 Å². The molecule has 0 aromatic rings. The van der Waals surface area contributed by atoms with E-state index in [4.69, 9.17) is 5.73 Å². The second kappa shape index (κ2) is 9.94. The van der Waals surface area contributed by atoms with E-state index in [0.29, 0.717) is 6.04 Å². The molecule has 102 valence electrons. The summed E-state index contributed by atoms with van der Waals surface area (Å²) in [4.78, 5) is 0. The van der Waals surface area contributed by atoms with Gasteiger partial charge >= 0.3 is 0 Å². The van der Waals surface area contributed by atoms with Gasteiger partial charge in [0.05, 0.1) is 0 Å². The lowest BCUT2D eigenvalue weighted by Crippen LogP contribution is -2.20. The lowest BCUT2D eigenvalue weighted by atomic mass is 10.0. The molecule has 1 atom stereocenters. The van der Waals surface area contributed by atoms with E-state index in [-0.39, 0.29) is 0 Å². The van der Waals surface area contributed by atoms with Crippen molar-refractivity contribution in [3.63, 3.8) is 0 Å². The highest BCUT2D eigenvalue weighted by molar-refractivity contribution is 4.78. The second-order valence-electron chi connectivity index (χ2n) is 6.06. The lowest BCUT2D eigenvalue weighted by molar-refractivity contribution is 0.489. The molecule has 1 fully saturated rings. The molecule has 17 heavy (non-hydrogen) atoms. The minimum absolute atomic E-state index is 0.507.